The summed E-state index contributed by atoms with van der Waals surface area (Å²) in [6, 6.07) is 18.5. The van der Waals surface area contributed by atoms with E-state index in [2.05, 4.69) is 51.8 Å². The van der Waals surface area contributed by atoms with E-state index < -0.39 is 0 Å². The fraction of sp³-hybridized carbons (Fsp3) is 0.286. The molecule has 0 amide bonds. The van der Waals surface area contributed by atoms with Crippen molar-refractivity contribution in [1.29, 1.82) is 0 Å². The van der Waals surface area contributed by atoms with E-state index in [0.29, 0.717) is 13.1 Å². The molecule has 3 aromatic rings. The maximum Gasteiger partial charge on any atom is 0.191 e. The van der Waals surface area contributed by atoms with Gasteiger partial charge in [-0.15, -0.1) is 24.0 Å². The molecule has 3 rings (SSSR count). The Balaban J connectivity index is 0.00000261. The lowest BCUT2D eigenvalue weighted by Gasteiger charge is -2.18. The molecule has 5 nitrogen and oxygen atoms in total. The van der Waals surface area contributed by atoms with Gasteiger partial charge in [0.05, 0.1) is 13.1 Å². The highest BCUT2D eigenvalue weighted by Gasteiger charge is 2.08. The maximum atomic E-state index is 5.99. The number of para-hydroxylation sites is 2. The van der Waals surface area contributed by atoms with Gasteiger partial charge in [-0.3, -0.25) is 4.99 Å². The lowest BCUT2D eigenvalue weighted by atomic mass is 10.2. The topological polar surface area (TPSA) is 61.4 Å². The summed E-state index contributed by atoms with van der Waals surface area (Å²) in [4.78, 5) is 7.69. The Hall–Kier alpha value is -2.22. The summed E-state index contributed by atoms with van der Waals surface area (Å²) in [5.41, 5.74) is 3.41. The molecule has 3 N–H and O–H groups in total. The van der Waals surface area contributed by atoms with E-state index in [1.54, 1.807) is 7.05 Å². The van der Waals surface area contributed by atoms with Crippen LogP contribution in [0.4, 0.5) is 0 Å². The molecule has 1 aromatic heterocycles. The molecule has 1 heterocycles. The first-order chi connectivity index (χ1) is 12.7. The summed E-state index contributed by atoms with van der Waals surface area (Å²) in [5, 5.41) is 7.86. The van der Waals surface area contributed by atoms with E-state index in [0.717, 1.165) is 28.5 Å². The standard InChI is InChI=1S/C21H26N4O.HI/c1-15-8-4-7-11-20(15)26-16(2)13-23-21(22-3)24-14-18-12-17-9-5-6-10-19(17)25-18;/h4-12,16,25H,13-14H2,1-3H3,(H2,22,23,24);1H. The minimum Gasteiger partial charge on any atom is -0.489 e. The number of H-pyrrole nitrogens is 1. The van der Waals surface area contributed by atoms with Gasteiger partial charge in [-0.05, 0) is 43.0 Å². The van der Waals surface area contributed by atoms with Crippen LogP contribution in [-0.4, -0.2) is 30.6 Å². The second-order valence-corrected chi connectivity index (χ2v) is 6.38. The van der Waals surface area contributed by atoms with E-state index in [4.69, 9.17) is 4.74 Å². The van der Waals surface area contributed by atoms with Crippen LogP contribution in [0.25, 0.3) is 10.9 Å². The van der Waals surface area contributed by atoms with E-state index in [-0.39, 0.29) is 30.1 Å². The number of fused-ring (bicyclic) bond motifs is 1. The molecule has 1 unspecified atom stereocenters. The second-order valence-electron chi connectivity index (χ2n) is 6.38. The number of nitrogens with zero attached hydrogens (tertiary/aromatic N) is 1. The molecular weight excluding hydrogens is 451 g/mol. The second kappa shape index (κ2) is 10.2. The number of guanidine groups is 1. The van der Waals surface area contributed by atoms with Crippen LogP contribution in [0.15, 0.2) is 59.6 Å². The van der Waals surface area contributed by atoms with Gasteiger partial charge < -0.3 is 20.4 Å². The Morgan fingerprint density at radius 2 is 1.85 bits per heavy atom. The Morgan fingerprint density at radius 1 is 1.11 bits per heavy atom. The minimum atomic E-state index is 0. The van der Waals surface area contributed by atoms with Crippen molar-refractivity contribution in [1.82, 2.24) is 15.6 Å². The number of benzene rings is 2. The Morgan fingerprint density at radius 3 is 2.59 bits per heavy atom. The normalized spacial score (nSPS) is 12.3. The molecule has 0 aliphatic rings. The number of hydrogen-bond donors (Lipinski definition) is 3. The van der Waals surface area contributed by atoms with Crippen molar-refractivity contribution in [2.24, 2.45) is 4.99 Å². The molecule has 144 valence electrons. The summed E-state index contributed by atoms with van der Waals surface area (Å²) in [6.07, 6.45) is 0.0303. The summed E-state index contributed by atoms with van der Waals surface area (Å²) in [7, 11) is 1.77. The number of ether oxygens (including phenoxy) is 1. The average molecular weight is 478 g/mol. The van der Waals surface area contributed by atoms with Gasteiger partial charge in [0.2, 0.25) is 0 Å². The van der Waals surface area contributed by atoms with Crippen LogP contribution in [-0.2, 0) is 6.54 Å². The van der Waals surface area contributed by atoms with Crippen molar-refractivity contribution < 1.29 is 4.74 Å². The smallest absolute Gasteiger partial charge is 0.191 e. The first-order valence-corrected chi connectivity index (χ1v) is 8.89. The van der Waals surface area contributed by atoms with Crippen LogP contribution in [0.1, 0.15) is 18.2 Å². The van der Waals surface area contributed by atoms with E-state index >= 15 is 0 Å². The highest BCUT2D eigenvalue weighted by molar-refractivity contribution is 14.0. The molecular formula is C21H27IN4O. The van der Waals surface area contributed by atoms with Gasteiger partial charge in [0, 0.05) is 18.3 Å². The van der Waals surface area contributed by atoms with Crippen LogP contribution in [0, 0.1) is 6.92 Å². The van der Waals surface area contributed by atoms with Gasteiger partial charge in [0.15, 0.2) is 5.96 Å². The molecule has 0 aliphatic heterocycles. The lowest BCUT2D eigenvalue weighted by Crippen LogP contribution is -2.41. The molecule has 0 aliphatic carbocycles. The van der Waals surface area contributed by atoms with Gasteiger partial charge in [0.1, 0.15) is 11.9 Å². The summed E-state index contributed by atoms with van der Waals surface area (Å²) in [6.45, 7) is 5.45. The molecule has 27 heavy (non-hydrogen) atoms. The molecule has 0 bridgehead atoms. The maximum absolute atomic E-state index is 5.99. The van der Waals surface area contributed by atoms with Crippen molar-refractivity contribution in [3.63, 3.8) is 0 Å². The van der Waals surface area contributed by atoms with Crippen molar-refractivity contribution in [3.05, 3.63) is 65.9 Å². The van der Waals surface area contributed by atoms with Gasteiger partial charge in [0.25, 0.3) is 0 Å². The monoisotopic (exact) mass is 478 g/mol. The molecule has 0 saturated carbocycles. The third-order valence-corrected chi connectivity index (χ3v) is 4.23. The predicted octanol–water partition coefficient (Wildman–Crippen LogP) is 4.23. The zero-order chi connectivity index (χ0) is 18.4. The molecule has 0 fully saturated rings. The number of aliphatic imine (C=N–C) groups is 1. The van der Waals surface area contributed by atoms with Crippen LogP contribution in [0.5, 0.6) is 5.75 Å². The Labute approximate surface area is 177 Å². The van der Waals surface area contributed by atoms with E-state index in [1.807, 2.05) is 37.3 Å². The number of hydrogen-bond acceptors (Lipinski definition) is 2. The fourth-order valence-corrected chi connectivity index (χ4v) is 2.82. The number of halogens is 1. The van der Waals surface area contributed by atoms with Crippen molar-refractivity contribution in [2.75, 3.05) is 13.6 Å². The Kier molecular flexibility index (Phi) is 7.97. The fourth-order valence-electron chi connectivity index (χ4n) is 2.82. The quantitative estimate of drug-likeness (QED) is 0.283. The molecule has 1 atom stereocenters. The SMILES string of the molecule is CN=C(NCc1cc2ccccc2[nH]1)NCC(C)Oc1ccccc1C.I. The molecule has 0 spiro atoms. The zero-order valence-electron chi connectivity index (χ0n) is 16.0. The van der Waals surface area contributed by atoms with Crippen molar-refractivity contribution in [3.8, 4) is 5.75 Å². The number of nitrogens with one attached hydrogen (secondary N) is 3. The highest BCUT2D eigenvalue weighted by atomic mass is 127. The van der Waals surface area contributed by atoms with E-state index in [9.17, 15) is 0 Å². The number of aryl methyl sites for hydroxylation is 1. The number of rotatable bonds is 6. The Bertz CT molecular complexity index is 858. The van der Waals surface area contributed by atoms with Crippen LogP contribution in [0.3, 0.4) is 0 Å². The third kappa shape index (κ3) is 5.89. The first kappa shape index (κ1) is 21.1. The number of aromatic nitrogens is 1. The van der Waals surface area contributed by atoms with Crippen LogP contribution in [0.2, 0.25) is 0 Å². The minimum absolute atomic E-state index is 0. The van der Waals surface area contributed by atoms with Gasteiger partial charge in [-0.2, -0.15) is 0 Å². The predicted molar refractivity (Wildman–Crippen MR) is 123 cm³/mol. The van der Waals surface area contributed by atoms with Gasteiger partial charge in [-0.25, -0.2) is 0 Å². The summed E-state index contributed by atoms with van der Waals surface area (Å²) in [5.74, 6) is 1.67. The highest BCUT2D eigenvalue weighted by Crippen LogP contribution is 2.17. The third-order valence-electron chi connectivity index (χ3n) is 4.23. The molecule has 0 saturated heterocycles. The van der Waals surface area contributed by atoms with Gasteiger partial charge >= 0.3 is 0 Å². The van der Waals surface area contributed by atoms with Crippen LogP contribution < -0.4 is 15.4 Å². The molecule has 6 heteroatoms. The average Bonchev–Trinajstić information content (AvgIpc) is 3.06. The number of aromatic amines is 1. The zero-order valence-corrected chi connectivity index (χ0v) is 18.3. The molecule has 0 radical (unpaired) electrons. The van der Waals surface area contributed by atoms with Crippen molar-refractivity contribution >= 4 is 40.8 Å². The largest absolute Gasteiger partial charge is 0.489 e. The summed E-state index contributed by atoms with van der Waals surface area (Å²) < 4.78 is 5.99. The van der Waals surface area contributed by atoms with Gasteiger partial charge in [-0.1, -0.05) is 36.4 Å². The molecule has 2 aromatic carbocycles. The van der Waals surface area contributed by atoms with Crippen molar-refractivity contribution in [2.45, 2.75) is 26.5 Å². The van der Waals surface area contributed by atoms with Crippen LogP contribution >= 0.6 is 24.0 Å². The summed E-state index contributed by atoms with van der Waals surface area (Å²) >= 11 is 0. The van der Waals surface area contributed by atoms with E-state index in [1.165, 1.54) is 5.39 Å². The lowest BCUT2D eigenvalue weighted by molar-refractivity contribution is 0.222. The first-order valence-electron chi connectivity index (χ1n) is 8.89.